The maximum Gasteiger partial charge on any atom is 0.257 e. The van der Waals surface area contributed by atoms with Crippen LogP contribution in [0.4, 0.5) is 0 Å². The fraction of sp³-hybridized carbons (Fsp3) is 0.300. The summed E-state index contributed by atoms with van der Waals surface area (Å²) in [5.41, 5.74) is 1.30. The molecule has 0 spiro atoms. The van der Waals surface area contributed by atoms with Crippen molar-refractivity contribution in [3.63, 3.8) is 0 Å². The Hall–Kier alpha value is -1.91. The van der Waals surface area contributed by atoms with E-state index in [4.69, 9.17) is 0 Å². The molecule has 1 aliphatic heterocycles. The summed E-state index contributed by atoms with van der Waals surface area (Å²) in [6.45, 7) is 3.44. The van der Waals surface area contributed by atoms with Crippen LogP contribution >= 0.6 is 0 Å². The number of nitrogens with zero attached hydrogens (tertiary/aromatic N) is 2. The average Bonchev–Trinajstić information content (AvgIpc) is 2.76. The second kappa shape index (κ2) is 3.34. The van der Waals surface area contributed by atoms with E-state index in [9.17, 15) is 9.59 Å². The molecule has 5 nitrogen and oxygen atoms in total. The molecule has 78 valence electrons. The van der Waals surface area contributed by atoms with Crippen LogP contribution in [0, 0.1) is 0 Å². The molecule has 0 saturated heterocycles. The van der Waals surface area contributed by atoms with Crippen molar-refractivity contribution < 1.29 is 9.59 Å². The van der Waals surface area contributed by atoms with Gasteiger partial charge >= 0.3 is 0 Å². The number of aromatic nitrogens is 2. The zero-order chi connectivity index (χ0) is 11.0. The molecule has 5 heteroatoms. The minimum Gasteiger partial charge on any atom is -0.285 e. The van der Waals surface area contributed by atoms with Crippen molar-refractivity contribution in [1.82, 2.24) is 15.1 Å². The predicted octanol–water partition coefficient (Wildman–Crippen LogP) is 0.786. The first-order valence-electron chi connectivity index (χ1n) is 4.65. The van der Waals surface area contributed by atoms with Gasteiger partial charge in [0, 0.05) is 23.4 Å². The van der Waals surface area contributed by atoms with Gasteiger partial charge < -0.3 is 0 Å². The lowest BCUT2D eigenvalue weighted by Crippen LogP contribution is -2.33. The second-order valence-electron chi connectivity index (χ2n) is 3.55. The molecule has 1 aromatic rings. The molecule has 1 aromatic heterocycles. The number of hydrogen-bond acceptors (Lipinski definition) is 3. The standard InChI is InChI=1S/C10H11N3O2/c1-6-3-9(14)13(10(6)15)7(2)8-4-11-12-5-8/h3-5,7H,1-2H3,(H,11,12). The molecule has 15 heavy (non-hydrogen) atoms. The highest BCUT2D eigenvalue weighted by Gasteiger charge is 2.33. The topological polar surface area (TPSA) is 66.1 Å². The van der Waals surface area contributed by atoms with Crippen LogP contribution in [0.3, 0.4) is 0 Å². The van der Waals surface area contributed by atoms with Gasteiger partial charge in [0.05, 0.1) is 12.2 Å². The van der Waals surface area contributed by atoms with Crippen LogP contribution in [-0.4, -0.2) is 26.9 Å². The van der Waals surface area contributed by atoms with E-state index < -0.39 is 0 Å². The van der Waals surface area contributed by atoms with Crippen molar-refractivity contribution in [2.24, 2.45) is 0 Å². The van der Waals surface area contributed by atoms with Crippen LogP contribution in [-0.2, 0) is 9.59 Å². The van der Waals surface area contributed by atoms with Gasteiger partial charge in [-0.2, -0.15) is 5.10 Å². The van der Waals surface area contributed by atoms with Gasteiger partial charge in [0.2, 0.25) is 0 Å². The molecule has 0 saturated carbocycles. The number of amides is 2. The third-order valence-electron chi connectivity index (χ3n) is 2.52. The second-order valence-corrected chi connectivity index (χ2v) is 3.55. The van der Waals surface area contributed by atoms with E-state index in [1.54, 1.807) is 26.2 Å². The number of hydrogen-bond donors (Lipinski definition) is 1. The van der Waals surface area contributed by atoms with E-state index >= 15 is 0 Å². The number of imide groups is 1. The summed E-state index contributed by atoms with van der Waals surface area (Å²) < 4.78 is 0. The SMILES string of the molecule is CC1=CC(=O)N(C(C)c2cn[nH]c2)C1=O. The molecule has 0 aliphatic carbocycles. The van der Waals surface area contributed by atoms with Gasteiger partial charge in [0.25, 0.3) is 11.8 Å². The maximum absolute atomic E-state index is 11.7. The van der Waals surface area contributed by atoms with Crippen molar-refractivity contribution in [3.05, 3.63) is 29.6 Å². The lowest BCUT2D eigenvalue weighted by Gasteiger charge is -2.21. The van der Waals surface area contributed by atoms with Crippen molar-refractivity contribution in [2.75, 3.05) is 0 Å². The van der Waals surface area contributed by atoms with Crippen molar-refractivity contribution >= 4 is 11.8 Å². The molecular formula is C10H11N3O2. The van der Waals surface area contributed by atoms with Gasteiger partial charge in [-0.15, -0.1) is 0 Å². The number of rotatable bonds is 2. The molecule has 2 heterocycles. The lowest BCUT2D eigenvalue weighted by molar-refractivity contribution is -0.139. The summed E-state index contributed by atoms with van der Waals surface area (Å²) in [4.78, 5) is 24.4. The molecule has 2 amide bonds. The molecule has 1 aliphatic rings. The van der Waals surface area contributed by atoms with Crippen LogP contribution in [0.1, 0.15) is 25.5 Å². The van der Waals surface area contributed by atoms with E-state index in [-0.39, 0.29) is 17.9 Å². The lowest BCUT2D eigenvalue weighted by atomic mass is 10.1. The Morgan fingerprint density at radius 3 is 2.67 bits per heavy atom. The third kappa shape index (κ3) is 1.45. The maximum atomic E-state index is 11.7. The molecule has 2 rings (SSSR count). The largest absolute Gasteiger partial charge is 0.285 e. The molecule has 1 atom stereocenters. The van der Waals surface area contributed by atoms with Crippen LogP contribution in [0.15, 0.2) is 24.0 Å². The molecule has 0 fully saturated rings. The summed E-state index contributed by atoms with van der Waals surface area (Å²) in [5.74, 6) is -0.486. The molecule has 0 radical (unpaired) electrons. The van der Waals surface area contributed by atoms with Gasteiger partial charge in [-0.25, -0.2) is 0 Å². The van der Waals surface area contributed by atoms with Crippen molar-refractivity contribution in [2.45, 2.75) is 19.9 Å². The van der Waals surface area contributed by atoms with Crippen LogP contribution in [0.2, 0.25) is 0 Å². The number of aromatic amines is 1. The normalized spacial score (nSPS) is 18.3. The molecule has 0 bridgehead atoms. The zero-order valence-electron chi connectivity index (χ0n) is 8.52. The molecule has 1 N–H and O–H groups in total. The fourth-order valence-electron chi connectivity index (χ4n) is 1.61. The Morgan fingerprint density at radius 1 is 1.47 bits per heavy atom. The van der Waals surface area contributed by atoms with E-state index in [0.29, 0.717) is 5.57 Å². The highest BCUT2D eigenvalue weighted by molar-refractivity contribution is 6.16. The van der Waals surface area contributed by atoms with Crippen molar-refractivity contribution in [1.29, 1.82) is 0 Å². The minimum atomic E-state index is -0.280. The van der Waals surface area contributed by atoms with Gasteiger partial charge in [-0.1, -0.05) is 0 Å². The first-order chi connectivity index (χ1) is 7.11. The average molecular weight is 205 g/mol. The van der Waals surface area contributed by atoms with Gasteiger partial charge in [-0.3, -0.25) is 19.6 Å². The first-order valence-corrected chi connectivity index (χ1v) is 4.65. The van der Waals surface area contributed by atoms with Gasteiger partial charge in [-0.05, 0) is 13.8 Å². The highest BCUT2D eigenvalue weighted by atomic mass is 16.2. The fourth-order valence-corrected chi connectivity index (χ4v) is 1.61. The molecule has 1 unspecified atom stereocenters. The van der Waals surface area contributed by atoms with E-state index in [1.165, 1.54) is 11.0 Å². The van der Waals surface area contributed by atoms with Crippen LogP contribution < -0.4 is 0 Å². The first kappa shape index (κ1) is 9.64. The number of nitrogens with one attached hydrogen (secondary N) is 1. The summed E-state index contributed by atoms with van der Waals surface area (Å²) in [7, 11) is 0. The molecular weight excluding hydrogens is 194 g/mol. The smallest absolute Gasteiger partial charge is 0.257 e. The zero-order valence-corrected chi connectivity index (χ0v) is 8.52. The van der Waals surface area contributed by atoms with Gasteiger partial charge in [0.1, 0.15) is 0 Å². The van der Waals surface area contributed by atoms with Crippen molar-refractivity contribution in [3.8, 4) is 0 Å². The number of carbonyl (C=O) groups is 2. The monoisotopic (exact) mass is 205 g/mol. The Labute approximate surface area is 86.8 Å². The Bertz CT molecular complexity index is 434. The summed E-state index contributed by atoms with van der Waals surface area (Å²) >= 11 is 0. The molecule has 0 aromatic carbocycles. The van der Waals surface area contributed by atoms with E-state index in [2.05, 4.69) is 10.2 Å². The van der Waals surface area contributed by atoms with Crippen LogP contribution in [0.5, 0.6) is 0 Å². The quantitative estimate of drug-likeness (QED) is 0.726. The Kier molecular flexibility index (Phi) is 2.15. The van der Waals surface area contributed by atoms with Crippen LogP contribution in [0.25, 0.3) is 0 Å². The third-order valence-corrected chi connectivity index (χ3v) is 2.52. The highest BCUT2D eigenvalue weighted by Crippen LogP contribution is 2.25. The summed E-state index contributed by atoms with van der Waals surface area (Å²) in [5, 5.41) is 6.45. The minimum absolute atomic E-state index is 0.228. The van der Waals surface area contributed by atoms with E-state index in [0.717, 1.165) is 5.56 Å². The Balaban J connectivity index is 2.27. The summed E-state index contributed by atoms with van der Waals surface area (Å²) in [6, 6.07) is -0.280. The van der Waals surface area contributed by atoms with Gasteiger partial charge in [0.15, 0.2) is 0 Å². The predicted molar refractivity (Wildman–Crippen MR) is 52.6 cm³/mol. The number of H-pyrrole nitrogens is 1. The Morgan fingerprint density at radius 2 is 2.20 bits per heavy atom. The van der Waals surface area contributed by atoms with E-state index in [1.807, 2.05) is 0 Å². The number of carbonyl (C=O) groups excluding carboxylic acids is 2. The summed E-state index contributed by atoms with van der Waals surface area (Å²) in [6.07, 6.45) is 4.65.